The maximum absolute atomic E-state index is 12.2. The molecular formula is C15H20BCl2NO4. The Kier molecular flexibility index (Phi) is 6.76. The monoisotopic (exact) mass is 361 g/mol. The number of ketones is 1. The lowest BCUT2D eigenvalue weighted by atomic mass is 9.75. The van der Waals surface area contributed by atoms with E-state index in [1.165, 1.54) is 6.07 Å². The first-order valence-electron chi connectivity index (χ1n) is 8.18. The van der Waals surface area contributed by atoms with Crippen molar-refractivity contribution in [3.63, 3.8) is 0 Å². The summed E-state index contributed by atoms with van der Waals surface area (Å²) in [4.78, 5) is 24.2. The first-order valence-corrected chi connectivity index (χ1v) is 7.94. The van der Waals surface area contributed by atoms with E-state index < -0.39 is 24.8 Å². The minimum Gasteiger partial charge on any atom is -0.426 e. The molecule has 8 heteroatoms. The molecule has 3 N–H and O–H groups in total. The topological polar surface area (TPSA) is 86.6 Å². The van der Waals surface area contributed by atoms with E-state index in [2.05, 4.69) is 5.32 Å². The maximum atomic E-state index is 12.2. The first-order chi connectivity index (χ1) is 11.5. The van der Waals surface area contributed by atoms with Crippen molar-refractivity contribution >= 4 is 42.0 Å². The largest absolute Gasteiger partial charge is 0.475 e. The Labute approximate surface area is 148 Å². The van der Waals surface area contributed by atoms with Crippen LogP contribution in [0.15, 0.2) is 18.2 Å². The van der Waals surface area contributed by atoms with Crippen molar-refractivity contribution in [1.29, 1.82) is 0 Å². The van der Waals surface area contributed by atoms with Gasteiger partial charge < -0.3 is 15.4 Å². The fourth-order valence-electron chi connectivity index (χ4n) is 2.00. The van der Waals surface area contributed by atoms with Gasteiger partial charge in [-0.2, -0.15) is 0 Å². The van der Waals surface area contributed by atoms with E-state index in [0.29, 0.717) is 6.42 Å². The fraction of sp³-hybridized carbons (Fsp3) is 0.467. The van der Waals surface area contributed by atoms with Gasteiger partial charge in [-0.05, 0) is 30.5 Å². The lowest BCUT2D eigenvalue weighted by Gasteiger charge is -2.19. The lowest BCUT2D eigenvalue weighted by Crippen LogP contribution is -2.47. The third-order valence-corrected chi connectivity index (χ3v) is 3.59. The molecule has 1 amide bonds. The molecule has 0 fully saturated rings. The summed E-state index contributed by atoms with van der Waals surface area (Å²) in [6, 6.07) is 0.684. The van der Waals surface area contributed by atoms with E-state index in [4.69, 9.17) is 25.9 Å². The summed E-state index contributed by atoms with van der Waals surface area (Å²) in [6.45, 7) is 3.76. The minimum absolute atomic E-state index is 0.0618. The van der Waals surface area contributed by atoms with Gasteiger partial charge in [-0.25, -0.2) is 0 Å². The van der Waals surface area contributed by atoms with Gasteiger partial charge in [0.2, 0.25) is 5.91 Å². The van der Waals surface area contributed by atoms with E-state index in [0.717, 1.165) is 0 Å². The Balaban J connectivity index is 2.74. The second-order valence-corrected chi connectivity index (χ2v) is 6.38. The Hall–Kier alpha value is -1.08. The van der Waals surface area contributed by atoms with Crippen molar-refractivity contribution in [2.75, 3.05) is 0 Å². The third-order valence-electron chi connectivity index (χ3n) is 3.09. The minimum atomic E-state index is -1.69. The summed E-state index contributed by atoms with van der Waals surface area (Å²) in [7, 11) is -1.69. The zero-order valence-electron chi connectivity index (χ0n) is 14.9. The van der Waals surface area contributed by atoms with Gasteiger partial charge in [0, 0.05) is 23.4 Å². The Morgan fingerprint density at radius 1 is 1.35 bits per heavy atom. The van der Waals surface area contributed by atoms with Crippen LogP contribution in [-0.2, 0) is 4.79 Å². The summed E-state index contributed by atoms with van der Waals surface area (Å²) in [5.74, 6) is -1.74. The molecule has 5 nitrogen and oxygen atoms in total. The lowest BCUT2D eigenvalue weighted by molar-refractivity contribution is -0.121. The molecule has 0 aliphatic rings. The van der Waals surface area contributed by atoms with E-state index in [1.54, 1.807) is 0 Å². The number of rotatable bonds is 8. The average Bonchev–Trinajstić information content (AvgIpc) is 2.49. The van der Waals surface area contributed by atoms with Crippen LogP contribution in [0.25, 0.3) is 0 Å². The zero-order chi connectivity index (χ0) is 19.3. The molecule has 0 bridgehead atoms. The van der Waals surface area contributed by atoms with Gasteiger partial charge in [0.15, 0.2) is 5.78 Å². The van der Waals surface area contributed by atoms with Crippen molar-refractivity contribution < 1.29 is 22.4 Å². The van der Waals surface area contributed by atoms with Crippen LogP contribution in [0.3, 0.4) is 0 Å². The predicted molar refractivity (Wildman–Crippen MR) is 91.6 cm³/mol. The molecular weight excluding hydrogens is 340 g/mol. The van der Waals surface area contributed by atoms with Crippen LogP contribution in [-0.4, -0.2) is 34.8 Å². The molecule has 1 rings (SSSR count). The number of halogens is 2. The summed E-state index contributed by atoms with van der Waals surface area (Å²) in [5.41, 5.74) is -0.128. The molecule has 0 radical (unpaired) electrons. The van der Waals surface area contributed by atoms with Crippen LogP contribution in [0.2, 0.25) is 10.0 Å². The van der Waals surface area contributed by atoms with E-state index in [-0.39, 0.29) is 46.5 Å². The number of hydrogen-bond acceptors (Lipinski definition) is 4. The van der Waals surface area contributed by atoms with E-state index in [9.17, 15) is 19.6 Å². The smallest absolute Gasteiger partial charge is 0.426 e. The Bertz CT molecular complexity index is 659. The number of benzene rings is 1. The van der Waals surface area contributed by atoms with Gasteiger partial charge in [-0.15, -0.1) is 0 Å². The van der Waals surface area contributed by atoms with Gasteiger partial charge in [0.05, 0.1) is 13.7 Å². The molecule has 1 aromatic rings. The molecule has 126 valence electrons. The molecule has 0 aliphatic carbocycles. The van der Waals surface area contributed by atoms with Crippen LogP contribution in [0.4, 0.5) is 0 Å². The van der Waals surface area contributed by atoms with Crippen LogP contribution < -0.4 is 5.32 Å². The molecule has 0 heterocycles. The Morgan fingerprint density at radius 3 is 2.57 bits per heavy atom. The third kappa shape index (κ3) is 6.91. The second kappa shape index (κ2) is 9.28. The molecule has 23 heavy (non-hydrogen) atoms. The highest BCUT2D eigenvalue weighted by Gasteiger charge is 2.26. The molecule has 1 atom stereocenters. The quantitative estimate of drug-likeness (QED) is 0.490. The van der Waals surface area contributed by atoms with Gasteiger partial charge in [-0.3, -0.25) is 9.59 Å². The predicted octanol–water partition coefficient (Wildman–Crippen LogP) is 2.50. The van der Waals surface area contributed by atoms with Crippen LogP contribution in [0, 0.1) is 5.92 Å². The molecule has 1 aromatic carbocycles. The van der Waals surface area contributed by atoms with Crippen molar-refractivity contribution in [3.8, 4) is 0 Å². The highest BCUT2D eigenvalue weighted by Crippen LogP contribution is 2.22. The number of amides is 1. The number of nitrogens with one attached hydrogen (secondary N) is 1. The Morgan fingerprint density at radius 2 is 2.00 bits per heavy atom. The second-order valence-electron chi connectivity index (χ2n) is 5.59. The number of hydrogen-bond donors (Lipinski definition) is 3. The fourth-order valence-corrected chi connectivity index (χ4v) is 2.36. The number of Topliss-reactive ketones (excluding diaryl/α,β-unsaturated/α-hetero) is 1. The van der Waals surface area contributed by atoms with Crippen molar-refractivity contribution in [3.05, 3.63) is 33.8 Å². The van der Waals surface area contributed by atoms with Crippen molar-refractivity contribution in [1.82, 2.24) is 5.32 Å². The molecule has 0 aliphatic heterocycles. The van der Waals surface area contributed by atoms with Gasteiger partial charge in [0.1, 0.15) is 0 Å². The van der Waals surface area contributed by atoms with Crippen molar-refractivity contribution in [2.45, 2.75) is 39.1 Å². The van der Waals surface area contributed by atoms with Crippen LogP contribution in [0.1, 0.15) is 46.2 Å². The standard InChI is InChI=1S/C15H20BCl2NO4/c1-9(2)7-14(16(22)23)19-15(21)6-5-13(20)11-8-10(17)3-4-12(11)18/h3-4,8-9,14,22-23H,5-7H2,1-2H3,(H,19,21)/i3D,8D. The van der Waals surface area contributed by atoms with Crippen molar-refractivity contribution in [2.24, 2.45) is 5.92 Å². The van der Waals surface area contributed by atoms with E-state index in [1.807, 2.05) is 13.8 Å². The average molecular weight is 362 g/mol. The molecule has 0 aromatic heterocycles. The number of carbonyl (C=O) groups is 2. The normalized spacial score (nSPS) is 13.3. The van der Waals surface area contributed by atoms with Gasteiger partial charge in [0.25, 0.3) is 0 Å². The van der Waals surface area contributed by atoms with Crippen LogP contribution >= 0.6 is 23.2 Å². The van der Waals surface area contributed by atoms with Gasteiger partial charge in [-0.1, -0.05) is 37.0 Å². The van der Waals surface area contributed by atoms with E-state index >= 15 is 0 Å². The molecule has 0 saturated heterocycles. The zero-order valence-corrected chi connectivity index (χ0v) is 14.4. The van der Waals surface area contributed by atoms with Crippen LogP contribution in [0.5, 0.6) is 0 Å². The first kappa shape index (κ1) is 16.8. The highest BCUT2D eigenvalue weighted by atomic mass is 35.5. The summed E-state index contributed by atoms with van der Waals surface area (Å²) < 4.78 is 15.3. The summed E-state index contributed by atoms with van der Waals surface area (Å²) in [5, 5.41) is 20.8. The SMILES string of the molecule is [2H]c1cc(Cl)c(C(=O)CCC(=O)NC(CC(C)C)B(O)O)c([2H])c1Cl. The summed E-state index contributed by atoms with van der Waals surface area (Å²) in [6.07, 6.45) is -0.0438. The maximum Gasteiger partial charge on any atom is 0.475 e. The summed E-state index contributed by atoms with van der Waals surface area (Å²) >= 11 is 11.7. The number of carbonyl (C=O) groups excluding carboxylic acids is 2. The molecule has 0 spiro atoms. The molecule has 0 saturated carbocycles. The van der Waals surface area contributed by atoms with Gasteiger partial charge >= 0.3 is 7.12 Å². The highest BCUT2D eigenvalue weighted by molar-refractivity contribution is 6.43. The molecule has 1 unspecified atom stereocenters.